The summed E-state index contributed by atoms with van der Waals surface area (Å²) in [5, 5.41) is 3.25. The molecular formula is C15H20ClNO. The van der Waals surface area contributed by atoms with Crippen molar-refractivity contribution in [3.05, 3.63) is 35.4 Å². The molecule has 1 aliphatic rings. The van der Waals surface area contributed by atoms with Crippen LogP contribution in [0.1, 0.15) is 42.1 Å². The predicted molar refractivity (Wildman–Crippen MR) is 75.1 cm³/mol. The molecule has 0 aliphatic heterocycles. The molecule has 0 radical (unpaired) electrons. The summed E-state index contributed by atoms with van der Waals surface area (Å²) in [6, 6.07) is 7.78. The van der Waals surface area contributed by atoms with Crippen LogP contribution in [0.25, 0.3) is 0 Å². The quantitative estimate of drug-likeness (QED) is 0.831. The molecule has 2 nitrogen and oxygen atoms in total. The minimum absolute atomic E-state index is 0.0308. The van der Waals surface area contributed by atoms with Crippen LogP contribution >= 0.6 is 11.6 Å². The van der Waals surface area contributed by atoms with Crippen molar-refractivity contribution in [3.63, 3.8) is 0 Å². The van der Waals surface area contributed by atoms with E-state index in [4.69, 9.17) is 11.6 Å². The number of rotatable bonds is 4. The molecule has 0 aromatic heterocycles. The Morgan fingerprint density at radius 2 is 2.17 bits per heavy atom. The van der Waals surface area contributed by atoms with E-state index in [1.54, 1.807) is 0 Å². The summed E-state index contributed by atoms with van der Waals surface area (Å²) in [5.41, 5.74) is 1.90. The van der Waals surface area contributed by atoms with Crippen LogP contribution in [0, 0.1) is 5.92 Å². The van der Waals surface area contributed by atoms with Crippen molar-refractivity contribution >= 4 is 17.5 Å². The summed E-state index contributed by atoms with van der Waals surface area (Å²) in [6.07, 6.45) is 4.27. The summed E-state index contributed by atoms with van der Waals surface area (Å²) in [5.74, 6) is 0.465. The van der Waals surface area contributed by atoms with E-state index < -0.39 is 0 Å². The molecule has 1 aromatic carbocycles. The zero-order valence-corrected chi connectivity index (χ0v) is 11.5. The zero-order chi connectivity index (χ0) is 13.0. The van der Waals surface area contributed by atoms with Crippen molar-refractivity contribution in [2.24, 2.45) is 5.92 Å². The zero-order valence-electron chi connectivity index (χ0n) is 10.8. The summed E-state index contributed by atoms with van der Waals surface area (Å²) < 4.78 is 0. The van der Waals surface area contributed by atoms with Crippen LogP contribution < -0.4 is 5.32 Å². The van der Waals surface area contributed by atoms with E-state index in [1.807, 2.05) is 24.3 Å². The Balaban J connectivity index is 1.95. The molecule has 1 aliphatic carbocycles. The first kappa shape index (κ1) is 13.4. The number of aryl methyl sites for hydroxylation is 1. The van der Waals surface area contributed by atoms with Crippen LogP contribution in [0.15, 0.2) is 24.3 Å². The first-order valence-corrected chi connectivity index (χ1v) is 7.16. The molecule has 1 aromatic rings. The van der Waals surface area contributed by atoms with Crippen molar-refractivity contribution in [1.82, 2.24) is 5.32 Å². The lowest BCUT2D eigenvalue weighted by atomic mass is 10.0. The minimum atomic E-state index is 0.0308. The number of amides is 1. The van der Waals surface area contributed by atoms with Crippen molar-refractivity contribution in [2.75, 3.05) is 6.54 Å². The highest BCUT2D eigenvalue weighted by atomic mass is 35.5. The second kappa shape index (κ2) is 6.24. The number of benzene rings is 1. The van der Waals surface area contributed by atoms with Gasteiger partial charge in [0, 0.05) is 17.5 Å². The molecule has 2 unspecified atom stereocenters. The van der Waals surface area contributed by atoms with Gasteiger partial charge in [-0.2, -0.15) is 0 Å². The van der Waals surface area contributed by atoms with Crippen LogP contribution in [-0.2, 0) is 6.42 Å². The second-order valence-electron chi connectivity index (χ2n) is 4.93. The van der Waals surface area contributed by atoms with Crippen molar-refractivity contribution < 1.29 is 4.79 Å². The van der Waals surface area contributed by atoms with Crippen LogP contribution in [0.2, 0.25) is 0 Å². The summed E-state index contributed by atoms with van der Waals surface area (Å²) in [6.45, 7) is 2.77. The molecule has 2 atom stereocenters. The smallest absolute Gasteiger partial charge is 0.251 e. The highest BCUT2D eigenvalue weighted by Crippen LogP contribution is 2.29. The third-order valence-corrected chi connectivity index (χ3v) is 4.31. The van der Waals surface area contributed by atoms with E-state index in [0.29, 0.717) is 12.5 Å². The lowest BCUT2D eigenvalue weighted by molar-refractivity contribution is 0.0946. The van der Waals surface area contributed by atoms with Gasteiger partial charge in [-0.15, -0.1) is 11.6 Å². The fourth-order valence-electron chi connectivity index (χ4n) is 2.59. The maximum atomic E-state index is 12.1. The van der Waals surface area contributed by atoms with Gasteiger partial charge >= 0.3 is 0 Å². The number of halogens is 1. The molecule has 18 heavy (non-hydrogen) atoms. The molecule has 3 heteroatoms. The van der Waals surface area contributed by atoms with E-state index >= 15 is 0 Å². The molecule has 0 saturated heterocycles. The number of hydrogen-bond donors (Lipinski definition) is 1. The van der Waals surface area contributed by atoms with Gasteiger partial charge in [0.25, 0.3) is 5.91 Å². The Labute approximate surface area is 114 Å². The van der Waals surface area contributed by atoms with Crippen LogP contribution in [0.5, 0.6) is 0 Å². The van der Waals surface area contributed by atoms with Gasteiger partial charge in [0.15, 0.2) is 0 Å². The SMILES string of the molecule is CCc1ccccc1C(=O)NCC1CCCC1Cl. The summed E-state index contributed by atoms with van der Waals surface area (Å²) in [7, 11) is 0. The summed E-state index contributed by atoms with van der Waals surface area (Å²) >= 11 is 6.21. The highest BCUT2D eigenvalue weighted by molar-refractivity contribution is 6.21. The monoisotopic (exact) mass is 265 g/mol. The van der Waals surface area contributed by atoms with E-state index in [2.05, 4.69) is 12.2 Å². The van der Waals surface area contributed by atoms with E-state index in [1.165, 1.54) is 6.42 Å². The molecule has 2 rings (SSSR count). The fraction of sp³-hybridized carbons (Fsp3) is 0.533. The van der Waals surface area contributed by atoms with Crippen LogP contribution in [-0.4, -0.2) is 17.8 Å². The van der Waals surface area contributed by atoms with Gasteiger partial charge in [-0.3, -0.25) is 4.79 Å². The lowest BCUT2D eigenvalue weighted by Gasteiger charge is -2.15. The van der Waals surface area contributed by atoms with Gasteiger partial charge in [-0.25, -0.2) is 0 Å². The highest BCUT2D eigenvalue weighted by Gasteiger charge is 2.25. The fourth-order valence-corrected chi connectivity index (χ4v) is 2.96. The maximum Gasteiger partial charge on any atom is 0.251 e. The molecule has 98 valence electrons. The van der Waals surface area contributed by atoms with Crippen LogP contribution in [0.3, 0.4) is 0 Å². The van der Waals surface area contributed by atoms with Gasteiger partial charge in [0.05, 0.1) is 0 Å². The average Bonchev–Trinajstić information content (AvgIpc) is 2.81. The Morgan fingerprint density at radius 1 is 1.39 bits per heavy atom. The molecule has 0 spiro atoms. The Morgan fingerprint density at radius 3 is 2.83 bits per heavy atom. The van der Waals surface area contributed by atoms with E-state index in [-0.39, 0.29) is 11.3 Å². The number of hydrogen-bond acceptors (Lipinski definition) is 1. The predicted octanol–water partition coefficient (Wildman–Crippen LogP) is 3.39. The van der Waals surface area contributed by atoms with Gasteiger partial charge < -0.3 is 5.32 Å². The molecule has 1 amide bonds. The number of carbonyl (C=O) groups is 1. The van der Waals surface area contributed by atoms with Crippen molar-refractivity contribution in [2.45, 2.75) is 38.0 Å². The molecule has 0 heterocycles. The third-order valence-electron chi connectivity index (χ3n) is 3.73. The largest absolute Gasteiger partial charge is 0.352 e. The molecule has 1 saturated carbocycles. The van der Waals surface area contributed by atoms with Crippen LogP contribution in [0.4, 0.5) is 0 Å². The number of alkyl halides is 1. The maximum absolute atomic E-state index is 12.1. The van der Waals surface area contributed by atoms with Gasteiger partial charge in [-0.05, 0) is 36.8 Å². The Hall–Kier alpha value is -1.02. The first-order chi connectivity index (χ1) is 8.72. The Kier molecular flexibility index (Phi) is 4.65. The third kappa shape index (κ3) is 3.05. The topological polar surface area (TPSA) is 29.1 Å². The average molecular weight is 266 g/mol. The lowest BCUT2D eigenvalue weighted by Crippen LogP contribution is -2.31. The standard InChI is InChI=1S/C15H20ClNO/c1-2-11-6-3-4-8-13(11)15(18)17-10-12-7-5-9-14(12)16/h3-4,6,8,12,14H,2,5,7,9-10H2,1H3,(H,17,18). The molecule has 1 fully saturated rings. The van der Waals surface area contributed by atoms with Crippen molar-refractivity contribution in [3.8, 4) is 0 Å². The Bertz CT molecular complexity index is 419. The minimum Gasteiger partial charge on any atom is -0.352 e. The normalized spacial score (nSPS) is 23.0. The van der Waals surface area contributed by atoms with Gasteiger partial charge in [0.1, 0.15) is 0 Å². The number of nitrogens with one attached hydrogen (secondary N) is 1. The summed E-state index contributed by atoms with van der Waals surface area (Å²) in [4.78, 5) is 12.1. The molecule has 0 bridgehead atoms. The molecular weight excluding hydrogens is 246 g/mol. The van der Waals surface area contributed by atoms with Gasteiger partial charge in [0.2, 0.25) is 0 Å². The van der Waals surface area contributed by atoms with Gasteiger partial charge in [-0.1, -0.05) is 31.5 Å². The molecule has 1 N–H and O–H groups in total. The second-order valence-corrected chi connectivity index (χ2v) is 5.49. The van der Waals surface area contributed by atoms with Crippen molar-refractivity contribution in [1.29, 1.82) is 0 Å². The number of carbonyl (C=O) groups excluding carboxylic acids is 1. The van der Waals surface area contributed by atoms with E-state index in [9.17, 15) is 4.79 Å². The first-order valence-electron chi connectivity index (χ1n) is 6.72. The van der Waals surface area contributed by atoms with E-state index in [0.717, 1.165) is 30.4 Å².